The zero-order chi connectivity index (χ0) is 18.2. The number of ether oxygens (including phenoxy) is 1. The number of benzene rings is 1. The lowest BCUT2D eigenvalue weighted by molar-refractivity contribution is -0.144. The molecule has 2 rings (SSSR count). The molecule has 25 heavy (non-hydrogen) atoms. The molecule has 1 heterocycles. The largest absolute Gasteiger partial charge is 0.480 e. The van der Waals surface area contributed by atoms with Crippen molar-refractivity contribution in [2.45, 2.75) is 12.8 Å². The zero-order valence-corrected chi connectivity index (χ0v) is 14.7. The standard InChI is InChI=1S/C17H22ClFN2O4/c18-17-13(2-1-3-14(17)19)4-5-15(22)21(12-16(23)24)7-6-20-8-10-25-11-9-20/h1-3H,4-12H2,(H,23,24). The van der Waals surface area contributed by atoms with Crippen LogP contribution in [0.5, 0.6) is 0 Å². The molecule has 6 nitrogen and oxygen atoms in total. The first-order chi connectivity index (χ1) is 12.0. The topological polar surface area (TPSA) is 70.1 Å². The monoisotopic (exact) mass is 372 g/mol. The molecule has 0 bridgehead atoms. The highest BCUT2D eigenvalue weighted by Gasteiger charge is 2.19. The molecule has 1 fully saturated rings. The number of hydrogen-bond donors (Lipinski definition) is 1. The summed E-state index contributed by atoms with van der Waals surface area (Å²) in [5.41, 5.74) is 0.540. The molecule has 138 valence electrons. The molecule has 1 aromatic rings. The van der Waals surface area contributed by atoms with E-state index >= 15 is 0 Å². The van der Waals surface area contributed by atoms with E-state index in [-0.39, 0.29) is 30.3 Å². The Morgan fingerprint density at radius 3 is 2.72 bits per heavy atom. The molecule has 0 spiro atoms. The maximum atomic E-state index is 13.4. The summed E-state index contributed by atoms with van der Waals surface area (Å²) in [6, 6.07) is 4.45. The van der Waals surface area contributed by atoms with E-state index in [0.717, 1.165) is 13.1 Å². The number of halogens is 2. The zero-order valence-electron chi connectivity index (χ0n) is 13.9. The van der Waals surface area contributed by atoms with Crippen LogP contribution in [0.1, 0.15) is 12.0 Å². The number of morpholine rings is 1. The van der Waals surface area contributed by atoms with Gasteiger partial charge in [0.1, 0.15) is 12.4 Å². The second-order valence-electron chi connectivity index (χ2n) is 5.88. The van der Waals surface area contributed by atoms with Crippen LogP contribution in [0.3, 0.4) is 0 Å². The number of carboxylic acids is 1. The van der Waals surface area contributed by atoms with E-state index in [1.165, 1.54) is 17.0 Å². The normalized spacial score (nSPS) is 15.1. The second kappa shape index (κ2) is 9.70. The molecule has 1 aliphatic rings. The molecule has 0 aromatic heterocycles. The lowest BCUT2D eigenvalue weighted by atomic mass is 10.1. The highest BCUT2D eigenvalue weighted by molar-refractivity contribution is 6.31. The van der Waals surface area contributed by atoms with Gasteiger partial charge in [0.25, 0.3) is 0 Å². The van der Waals surface area contributed by atoms with Crippen LogP contribution in [0.4, 0.5) is 4.39 Å². The molecule has 0 saturated carbocycles. The molecule has 1 amide bonds. The summed E-state index contributed by atoms with van der Waals surface area (Å²) >= 11 is 5.89. The Labute approximate surface area is 151 Å². The van der Waals surface area contributed by atoms with Crippen LogP contribution in [0.15, 0.2) is 18.2 Å². The van der Waals surface area contributed by atoms with Crippen molar-refractivity contribution < 1.29 is 23.8 Å². The summed E-state index contributed by atoms with van der Waals surface area (Å²) in [5, 5.41) is 9.05. The first-order valence-electron chi connectivity index (χ1n) is 8.20. The molecule has 0 unspecified atom stereocenters. The average Bonchev–Trinajstić information content (AvgIpc) is 2.60. The first kappa shape index (κ1) is 19.6. The predicted octanol–water partition coefficient (Wildman–Crippen LogP) is 1.66. The molecule has 1 saturated heterocycles. The maximum absolute atomic E-state index is 13.4. The number of rotatable bonds is 8. The fraction of sp³-hybridized carbons (Fsp3) is 0.529. The summed E-state index contributed by atoms with van der Waals surface area (Å²) in [6.45, 7) is 3.42. The average molecular weight is 373 g/mol. The third-order valence-electron chi connectivity index (χ3n) is 4.11. The van der Waals surface area contributed by atoms with E-state index in [0.29, 0.717) is 31.9 Å². The third-order valence-corrected chi connectivity index (χ3v) is 4.53. The van der Waals surface area contributed by atoms with Crippen LogP contribution in [0, 0.1) is 5.82 Å². The fourth-order valence-electron chi connectivity index (χ4n) is 2.68. The Balaban J connectivity index is 1.90. The summed E-state index contributed by atoms with van der Waals surface area (Å²) in [6.07, 6.45) is 0.350. The van der Waals surface area contributed by atoms with Crippen LogP contribution < -0.4 is 0 Å². The molecule has 0 radical (unpaired) electrons. The molecule has 1 aromatic carbocycles. The summed E-state index contributed by atoms with van der Waals surface area (Å²) < 4.78 is 18.7. The Bertz CT molecular complexity index is 608. The van der Waals surface area contributed by atoms with E-state index < -0.39 is 11.8 Å². The number of amides is 1. The van der Waals surface area contributed by atoms with Gasteiger partial charge in [-0.15, -0.1) is 0 Å². The Kier molecular flexibility index (Phi) is 7.61. The predicted molar refractivity (Wildman–Crippen MR) is 91.2 cm³/mol. The van der Waals surface area contributed by atoms with Gasteiger partial charge in [0, 0.05) is 32.6 Å². The van der Waals surface area contributed by atoms with Gasteiger partial charge in [-0.1, -0.05) is 23.7 Å². The fourth-order valence-corrected chi connectivity index (χ4v) is 2.90. The van der Waals surface area contributed by atoms with Crippen molar-refractivity contribution in [3.8, 4) is 0 Å². The second-order valence-corrected chi connectivity index (χ2v) is 6.25. The molecule has 1 aliphatic heterocycles. The van der Waals surface area contributed by atoms with Gasteiger partial charge in [0.2, 0.25) is 5.91 Å². The molecule has 8 heteroatoms. The quantitative estimate of drug-likeness (QED) is 0.751. The highest BCUT2D eigenvalue weighted by atomic mass is 35.5. The molecule has 1 N–H and O–H groups in total. The van der Waals surface area contributed by atoms with Crippen LogP contribution in [-0.2, 0) is 20.7 Å². The minimum atomic E-state index is -1.06. The summed E-state index contributed by atoms with van der Waals surface area (Å²) in [5.74, 6) is -1.86. The number of aliphatic carboxylic acids is 1. The highest BCUT2D eigenvalue weighted by Crippen LogP contribution is 2.21. The van der Waals surface area contributed by atoms with E-state index in [4.69, 9.17) is 21.4 Å². The number of carbonyl (C=O) groups is 2. The molecular weight excluding hydrogens is 351 g/mol. The van der Waals surface area contributed by atoms with Crippen molar-refractivity contribution >= 4 is 23.5 Å². The molecule has 0 aliphatic carbocycles. The van der Waals surface area contributed by atoms with Gasteiger partial charge in [-0.25, -0.2) is 4.39 Å². The van der Waals surface area contributed by atoms with Crippen molar-refractivity contribution in [2.24, 2.45) is 0 Å². The number of aryl methyl sites for hydroxylation is 1. The number of nitrogens with zero attached hydrogens (tertiary/aromatic N) is 2. The van der Waals surface area contributed by atoms with E-state index in [9.17, 15) is 14.0 Å². The Morgan fingerprint density at radius 2 is 2.04 bits per heavy atom. The minimum Gasteiger partial charge on any atom is -0.480 e. The van der Waals surface area contributed by atoms with E-state index in [1.54, 1.807) is 6.07 Å². The van der Waals surface area contributed by atoms with Gasteiger partial charge in [-0.3, -0.25) is 14.5 Å². The van der Waals surface area contributed by atoms with E-state index in [2.05, 4.69) is 4.90 Å². The Morgan fingerprint density at radius 1 is 1.32 bits per heavy atom. The van der Waals surface area contributed by atoms with Crippen LogP contribution >= 0.6 is 11.6 Å². The summed E-state index contributed by atoms with van der Waals surface area (Å²) in [7, 11) is 0. The van der Waals surface area contributed by atoms with Crippen LogP contribution in [-0.4, -0.2) is 72.7 Å². The van der Waals surface area contributed by atoms with Crippen molar-refractivity contribution in [1.82, 2.24) is 9.80 Å². The minimum absolute atomic E-state index is 0.00778. The van der Waals surface area contributed by atoms with Gasteiger partial charge in [0.05, 0.1) is 18.2 Å². The third kappa shape index (κ3) is 6.26. The number of carboxylic acid groups (broad SMARTS) is 1. The lowest BCUT2D eigenvalue weighted by Crippen LogP contribution is -2.44. The molecule has 0 atom stereocenters. The van der Waals surface area contributed by atoms with Gasteiger partial charge in [0.15, 0.2) is 0 Å². The van der Waals surface area contributed by atoms with Gasteiger partial charge < -0.3 is 14.7 Å². The van der Waals surface area contributed by atoms with Crippen molar-refractivity contribution in [3.05, 3.63) is 34.6 Å². The lowest BCUT2D eigenvalue weighted by Gasteiger charge is -2.29. The van der Waals surface area contributed by atoms with Crippen molar-refractivity contribution in [3.63, 3.8) is 0 Å². The van der Waals surface area contributed by atoms with Gasteiger partial charge in [-0.05, 0) is 18.1 Å². The molecular formula is C17H22ClFN2O4. The number of hydrogen-bond acceptors (Lipinski definition) is 4. The van der Waals surface area contributed by atoms with Gasteiger partial charge in [-0.2, -0.15) is 0 Å². The van der Waals surface area contributed by atoms with Crippen molar-refractivity contribution in [2.75, 3.05) is 45.9 Å². The van der Waals surface area contributed by atoms with Gasteiger partial charge >= 0.3 is 5.97 Å². The maximum Gasteiger partial charge on any atom is 0.323 e. The summed E-state index contributed by atoms with van der Waals surface area (Å²) in [4.78, 5) is 26.9. The number of carbonyl (C=O) groups excluding carboxylic acids is 1. The van der Waals surface area contributed by atoms with E-state index in [1.807, 2.05) is 0 Å². The SMILES string of the molecule is O=C(O)CN(CCN1CCOCC1)C(=O)CCc1cccc(F)c1Cl. The van der Waals surface area contributed by atoms with Crippen molar-refractivity contribution in [1.29, 1.82) is 0 Å². The Hall–Kier alpha value is -1.70. The smallest absolute Gasteiger partial charge is 0.323 e. The van der Waals surface area contributed by atoms with Crippen LogP contribution in [0.25, 0.3) is 0 Å². The first-order valence-corrected chi connectivity index (χ1v) is 8.57. The van der Waals surface area contributed by atoms with Crippen LogP contribution in [0.2, 0.25) is 5.02 Å².